The maximum atomic E-state index is 2.63. The molecule has 3 unspecified atom stereocenters. The van der Waals surface area contributed by atoms with Crippen molar-refractivity contribution in [2.45, 2.75) is 32.6 Å². The molecule has 0 aromatic rings. The highest BCUT2D eigenvalue weighted by molar-refractivity contribution is 14.1. The molecule has 0 spiro atoms. The summed E-state index contributed by atoms with van der Waals surface area (Å²) in [6.45, 7) is 2.51. The predicted molar refractivity (Wildman–Crippen MR) is 92.6 cm³/mol. The minimum absolute atomic E-state index is 0.711. The molecular weight excluding hydrogens is 525 g/mol. The number of hydrogen-bond acceptors (Lipinski definition) is 0. The molecule has 2 aliphatic rings. The summed E-state index contributed by atoms with van der Waals surface area (Å²) in [6, 6.07) is 0. The molecule has 3 heteroatoms. The van der Waals surface area contributed by atoms with Crippen LogP contribution in [-0.4, -0.2) is 13.3 Å². The average molecular weight is 544 g/mol. The summed E-state index contributed by atoms with van der Waals surface area (Å²) >= 11 is 7.83. The highest BCUT2D eigenvalue weighted by Gasteiger charge is 2.65. The van der Waals surface area contributed by atoms with Crippen molar-refractivity contribution in [1.29, 1.82) is 0 Å². The van der Waals surface area contributed by atoms with Gasteiger partial charge in [0.15, 0.2) is 0 Å². The molecule has 0 N–H and O–H groups in total. The lowest BCUT2D eigenvalue weighted by molar-refractivity contribution is -0.0891. The van der Waals surface area contributed by atoms with Crippen LogP contribution in [0.1, 0.15) is 32.6 Å². The molecular formula is C12H19I3. The minimum Gasteiger partial charge on any atom is -0.0864 e. The quantitative estimate of drug-likeness (QED) is 0.342. The molecule has 88 valence electrons. The van der Waals surface area contributed by atoms with Crippen LogP contribution in [-0.2, 0) is 0 Å². The largest absolute Gasteiger partial charge is 0.0864 e. The Morgan fingerprint density at radius 1 is 1.20 bits per heavy atom. The van der Waals surface area contributed by atoms with Crippen molar-refractivity contribution < 1.29 is 0 Å². The van der Waals surface area contributed by atoms with Crippen LogP contribution in [0.5, 0.6) is 0 Å². The fraction of sp³-hybridized carbons (Fsp3) is 1.00. The topological polar surface area (TPSA) is 0 Å². The van der Waals surface area contributed by atoms with Gasteiger partial charge in [-0.25, -0.2) is 0 Å². The van der Waals surface area contributed by atoms with Crippen LogP contribution >= 0.6 is 67.8 Å². The zero-order valence-corrected chi connectivity index (χ0v) is 15.7. The Morgan fingerprint density at radius 2 is 1.87 bits per heavy atom. The van der Waals surface area contributed by atoms with Crippen LogP contribution in [0.4, 0.5) is 0 Å². The van der Waals surface area contributed by atoms with Crippen molar-refractivity contribution in [3.8, 4) is 0 Å². The summed E-state index contributed by atoms with van der Waals surface area (Å²) in [6.07, 6.45) is 6.04. The van der Waals surface area contributed by atoms with E-state index in [-0.39, 0.29) is 0 Å². The van der Waals surface area contributed by atoms with E-state index in [4.69, 9.17) is 0 Å². The van der Waals surface area contributed by atoms with E-state index in [1.165, 1.54) is 39.0 Å². The van der Waals surface area contributed by atoms with Gasteiger partial charge in [0, 0.05) is 13.3 Å². The maximum absolute atomic E-state index is 2.63. The number of halogens is 3. The fourth-order valence-electron chi connectivity index (χ4n) is 4.43. The van der Waals surface area contributed by atoms with Crippen molar-refractivity contribution >= 4 is 67.8 Å². The number of alkyl halides is 3. The maximum Gasteiger partial charge on any atom is 0.00625 e. The van der Waals surface area contributed by atoms with E-state index in [9.17, 15) is 0 Å². The van der Waals surface area contributed by atoms with Crippen molar-refractivity contribution in [3.63, 3.8) is 0 Å². The molecule has 2 saturated carbocycles. The molecule has 15 heavy (non-hydrogen) atoms. The molecule has 0 aliphatic heterocycles. The van der Waals surface area contributed by atoms with E-state index in [1.54, 1.807) is 0 Å². The van der Waals surface area contributed by atoms with Gasteiger partial charge in [-0.15, -0.1) is 0 Å². The summed E-state index contributed by atoms with van der Waals surface area (Å²) in [5.74, 6) is 2.04. The molecule has 0 amide bonds. The van der Waals surface area contributed by atoms with Gasteiger partial charge in [-0.05, 0) is 48.3 Å². The molecule has 2 aliphatic carbocycles. The van der Waals surface area contributed by atoms with Gasteiger partial charge in [-0.2, -0.15) is 0 Å². The van der Waals surface area contributed by atoms with Gasteiger partial charge >= 0.3 is 0 Å². The second kappa shape index (κ2) is 5.05. The van der Waals surface area contributed by atoms with E-state index < -0.39 is 0 Å². The number of rotatable bonds is 4. The summed E-state index contributed by atoms with van der Waals surface area (Å²) in [7, 11) is 0. The zero-order valence-electron chi connectivity index (χ0n) is 9.24. The molecule has 0 bridgehead atoms. The first-order chi connectivity index (χ1) is 7.14. The summed E-state index contributed by atoms with van der Waals surface area (Å²) < 4.78 is 4.12. The second-order valence-corrected chi connectivity index (χ2v) is 8.21. The lowest BCUT2D eigenvalue weighted by atomic mass is 9.46. The smallest absolute Gasteiger partial charge is 0.00625 e. The van der Waals surface area contributed by atoms with E-state index in [2.05, 4.69) is 74.7 Å². The van der Waals surface area contributed by atoms with E-state index >= 15 is 0 Å². The normalized spacial score (nSPS) is 42.4. The van der Waals surface area contributed by atoms with Gasteiger partial charge in [0.05, 0.1) is 0 Å². The zero-order chi connectivity index (χ0) is 11.1. The van der Waals surface area contributed by atoms with Crippen LogP contribution in [0.25, 0.3) is 0 Å². The van der Waals surface area contributed by atoms with Crippen LogP contribution in [0.15, 0.2) is 0 Å². The average Bonchev–Trinajstić information content (AvgIpc) is 2.45. The van der Waals surface area contributed by atoms with Crippen molar-refractivity contribution in [2.24, 2.45) is 22.7 Å². The van der Waals surface area contributed by atoms with Crippen LogP contribution < -0.4 is 0 Å². The third kappa shape index (κ3) is 2.02. The van der Waals surface area contributed by atoms with Crippen molar-refractivity contribution in [3.05, 3.63) is 0 Å². The molecule has 0 nitrogen and oxygen atoms in total. The Bertz CT molecular complexity index is 233. The predicted octanol–water partition coefficient (Wildman–Crippen LogP) is 5.10. The molecule has 0 radical (unpaired) electrons. The van der Waals surface area contributed by atoms with Crippen LogP contribution in [0.3, 0.4) is 0 Å². The Kier molecular flexibility index (Phi) is 4.59. The van der Waals surface area contributed by atoms with E-state index in [0.717, 1.165) is 17.3 Å². The minimum atomic E-state index is 0.711. The molecule has 0 aromatic carbocycles. The standard InChI is InChI=1S/C12H19I3/c1-9-2-3-11(4-5-13)6-12(7-14,8-15)10(9)11/h9-10H,2-8H2,1H3. The Hall–Kier alpha value is 2.19. The third-order valence-electron chi connectivity index (χ3n) is 4.81. The molecule has 3 atom stereocenters. The number of hydrogen-bond donors (Lipinski definition) is 0. The van der Waals surface area contributed by atoms with Gasteiger partial charge in [0.2, 0.25) is 0 Å². The Morgan fingerprint density at radius 3 is 2.40 bits per heavy atom. The van der Waals surface area contributed by atoms with Crippen LogP contribution in [0, 0.1) is 22.7 Å². The Labute approximate surface area is 135 Å². The first-order valence-corrected chi connectivity index (χ1v) is 10.4. The first-order valence-electron chi connectivity index (χ1n) is 5.82. The first kappa shape index (κ1) is 13.6. The number of fused-ring (bicyclic) bond motifs is 1. The van der Waals surface area contributed by atoms with Crippen molar-refractivity contribution in [1.82, 2.24) is 0 Å². The Balaban J connectivity index is 2.19. The highest BCUT2D eigenvalue weighted by Crippen LogP contribution is 2.71. The summed E-state index contributed by atoms with van der Waals surface area (Å²) in [5, 5.41) is 0. The van der Waals surface area contributed by atoms with Gasteiger partial charge < -0.3 is 0 Å². The van der Waals surface area contributed by atoms with Crippen LogP contribution in [0.2, 0.25) is 0 Å². The SMILES string of the molecule is CC1CCC2(CCI)CC(CI)(CI)C12. The van der Waals surface area contributed by atoms with Gasteiger partial charge in [0.25, 0.3) is 0 Å². The second-order valence-electron chi connectivity index (χ2n) is 5.60. The summed E-state index contributed by atoms with van der Waals surface area (Å²) in [5.41, 5.74) is 1.49. The lowest BCUT2D eigenvalue weighted by Gasteiger charge is -2.61. The molecule has 0 heterocycles. The van der Waals surface area contributed by atoms with Gasteiger partial charge in [-0.1, -0.05) is 74.7 Å². The molecule has 2 fully saturated rings. The van der Waals surface area contributed by atoms with Crippen molar-refractivity contribution in [2.75, 3.05) is 13.3 Å². The fourth-order valence-corrected chi connectivity index (χ4v) is 8.56. The van der Waals surface area contributed by atoms with E-state index in [1.807, 2.05) is 0 Å². The third-order valence-corrected chi connectivity index (χ3v) is 8.39. The summed E-state index contributed by atoms with van der Waals surface area (Å²) in [4.78, 5) is 0. The molecule has 2 rings (SSSR count). The lowest BCUT2D eigenvalue weighted by Crippen LogP contribution is -2.57. The molecule has 0 aromatic heterocycles. The van der Waals surface area contributed by atoms with Gasteiger partial charge in [0.1, 0.15) is 0 Å². The monoisotopic (exact) mass is 544 g/mol. The molecule has 0 saturated heterocycles. The van der Waals surface area contributed by atoms with Gasteiger partial charge in [-0.3, -0.25) is 0 Å². The highest BCUT2D eigenvalue weighted by atomic mass is 127. The van der Waals surface area contributed by atoms with E-state index in [0.29, 0.717) is 5.41 Å².